The number of rotatable bonds is 7. The Labute approximate surface area is 436 Å². The van der Waals surface area contributed by atoms with E-state index in [4.69, 9.17) is 20.0 Å². The standard InChI is InChI=1S/C24H34N2O2.C23H32N2O2.2C7H5N.C2H6/c1-6-25-11-9-17(15-25)14-21-19-10-12-26(23(27)28-24(3,4)5)22(19)16(2)13-20(21)18-7-8-18;1-15-12-19(17-6-7-17)20(13-16-8-10-24(5)14-16)18-9-11-25(21(15)18)22(26)27-23(2,3)4;2*8-6-7-4-2-1-3-5-7;1-2/h10,12-13,17-18H,6-9,11,14-15H2,1-5H3;9,11-12,16-17H,6-8,10,13-14H2,1-5H3;2*1-5H;1-2H3/t17-;16-;;;/m11.../s1. The van der Waals surface area contributed by atoms with E-state index in [1.165, 1.54) is 109 Å². The van der Waals surface area contributed by atoms with Crippen LogP contribution in [-0.2, 0) is 22.3 Å². The van der Waals surface area contributed by atoms with Gasteiger partial charge in [-0.15, -0.1) is 0 Å². The number of fused-ring (bicyclic) bond motifs is 2. The van der Waals surface area contributed by atoms with Gasteiger partial charge in [-0.05, 0) is 227 Å². The van der Waals surface area contributed by atoms with Crippen molar-refractivity contribution in [3.63, 3.8) is 0 Å². The molecule has 73 heavy (non-hydrogen) atoms. The number of nitriles is 2. The van der Waals surface area contributed by atoms with Crippen molar-refractivity contribution >= 4 is 34.0 Å². The highest BCUT2D eigenvalue weighted by Gasteiger charge is 2.33. The number of carbonyl (C=O) groups is 2. The molecule has 4 aliphatic rings. The van der Waals surface area contributed by atoms with Crippen LogP contribution in [0.1, 0.15) is 157 Å². The molecule has 6 aromatic rings. The number of likely N-dealkylation sites (tertiary alicyclic amines) is 2. The molecule has 10 heteroatoms. The molecule has 2 atom stereocenters. The van der Waals surface area contributed by atoms with Crippen LogP contribution < -0.4 is 0 Å². The van der Waals surface area contributed by atoms with Crippen LogP contribution in [0.2, 0.25) is 0 Å². The Morgan fingerprint density at radius 2 is 1.00 bits per heavy atom. The minimum absolute atomic E-state index is 0.284. The van der Waals surface area contributed by atoms with E-state index in [9.17, 15) is 9.59 Å². The molecule has 0 bridgehead atoms. The summed E-state index contributed by atoms with van der Waals surface area (Å²) in [5, 5.41) is 19.1. The van der Waals surface area contributed by atoms with E-state index in [1.807, 2.05) is 116 Å². The number of ether oxygens (including phenoxy) is 2. The number of benzene rings is 4. The lowest BCUT2D eigenvalue weighted by Crippen LogP contribution is -2.26. The summed E-state index contributed by atoms with van der Waals surface area (Å²) in [7, 11) is 2.21. The van der Waals surface area contributed by atoms with Crippen molar-refractivity contribution in [2.75, 3.05) is 39.8 Å². The van der Waals surface area contributed by atoms with Crippen LogP contribution in [0.4, 0.5) is 9.59 Å². The minimum Gasteiger partial charge on any atom is -0.443 e. The van der Waals surface area contributed by atoms with Crippen LogP contribution >= 0.6 is 0 Å². The summed E-state index contributed by atoms with van der Waals surface area (Å²) in [6.07, 6.45) is 13.2. The second-order valence-corrected chi connectivity index (χ2v) is 22.3. The highest BCUT2D eigenvalue weighted by Crippen LogP contribution is 2.47. The van der Waals surface area contributed by atoms with Gasteiger partial charge in [-0.1, -0.05) is 69.3 Å². The molecule has 0 amide bonds. The van der Waals surface area contributed by atoms with Gasteiger partial charge in [0.15, 0.2) is 0 Å². The molecule has 10 rings (SSSR count). The molecule has 4 aromatic carbocycles. The Bertz CT molecular complexity index is 2810. The van der Waals surface area contributed by atoms with Crippen molar-refractivity contribution in [2.24, 2.45) is 11.8 Å². The van der Waals surface area contributed by atoms with Crippen molar-refractivity contribution in [3.8, 4) is 12.1 Å². The number of carbonyl (C=O) groups excluding carboxylic acids is 2. The molecule has 388 valence electrons. The van der Waals surface area contributed by atoms with Crippen LogP contribution in [0, 0.1) is 48.3 Å². The molecule has 4 heterocycles. The summed E-state index contributed by atoms with van der Waals surface area (Å²) in [5.74, 6) is 2.86. The van der Waals surface area contributed by atoms with E-state index in [1.54, 1.807) is 33.4 Å². The highest BCUT2D eigenvalue weighted by atomic mass is 16.6. The van der Waals surface area contributed by atoms with Crippen molar-refractivity contribution in [1.29, 1.82) is 10.5 Å². The van der Waals surface area contributed by atoms with E-state index in [2.05, 4.69) is 61.9 Å². The fraction of sp³-hybridized carbons (Fsp3) is 0.492. The fourth-order valence-electron chi connectivity index (χ4n) is 10.3. The Hall–Kier alpha value is -6.20. The van der Waals surface area contributed by atoms with Crippen LogP contribution in [0.3, 0.4) is 0 Å². The molecule has 4 fully saturated rings. The molecular formula is C63H82N6O4. The van der Waals surface area contributed by atoms with Gasteiger partial charge < -0.3 is 19.3 Å². The third-order valence-corrected chi connectivity index (χ3v) is 13.9. The molecule has 0 N–H and O–H groups in total. The summed E-state index contributed by atoms with van der Waals surface area (Å²) in [6, 6.07) is 31.3. The molecule has 2 saturated carbocycles. The predicted octanol–water partition coefficient (Wildman–Crippen LogP) is 14.7. The first-order chi connectivity index (χ1) is 34.9. The van der Waals surface area contributed by atoms with Crippen molar-refractivity contribution < 1.29 is 19.1 Å². The summed E-state index contributed by atoms with van der Waals surface area (Å²) >= 11 is 0. The molecule has 2 aromatic heterocycles. The van der Waals surface area contributed by atoms with E-state index in [-0.39, 0.29) is 12.2 Å². The van der Waals surface area contributed by atoms with Gasteiger partial charge in [-0.2, -0.15) is 10.5 Å². The molecule has 0 spiro atoms. The zero-order chi connectivity index (χ0) is 53.0. The van der Waals surface area contributed by atoms with Crippen LogP contribution in [0.15, 0.2) is 97.3 Å². The monoisotopic (exact) mass is 987 g/mol. The summed E-state index contributed by atoms with van der Waals surface area (Å²) < 4.78 is 14.7. The van der Waals surface area contributed by atoms with Crippen molar-refractivity contribution in [2.45, 2.75) is 151 Å². The van der Waals surface area contributed by atoms with Gasteiger partial charge in [0.1, 0.15) is 11.2 Å². The summed E-state index contributed by atoms with van der Waals surface area (Å²) in [6.45, 7) is 27.9. The topological polar surface area (TPSA) is 117 Å². The lowest BCUT2D eigenvalue weighted by Gasteiger charge is -2.21. The molecular weight excluding hydrogens is 905 g/mol. The molecule has 0 radical (unpaired) electrons. The Morgan fingerprint density at radius 3 is 1.32 bits per heavy atom. The molecule has 0 unspecified atom stereocenters. The lowest BCUT2D eigenvalue weighted by atomic mass is 9.89. The highest BCUT2D eigenvalue weighted by molar-refractivity contribution is 5.95. The van der Waals surface area contributed by atoms with Gasteiger partial charge in [0.25, 0.3) is 0 Å². The van der Waals surface area contributed by atoms with Gasteiger partial charge in [-0.3, -0.25) is 9.13 Å². The van der Waals surface area contributed by atoms with Gasteiger partial charge in [0.2, 0.25) is 0 Å². The number of aryl methyl sites for hydroxylation is 2. The average Bonchev–Trinajstić information content (AvgIpc) is 4.18. The maximum Gasteiger partial charge on any atom is 0.418 e. The second kappa shape index (κ2) is 25.2. The first-order valence-corrected chi connectivity index (χ1v) is 26.9. The van der Waals surface area contributed by atoms with Gasteiger partial charge in [0.05, 0.1) is 34.3 Å². The van der Waals surface area contributed by atoms with Crippen LogP contribution in [-0.4, -0.2) is 82.1 Å². The maximum absolute atomic E-state index is 12.8. The largest absolute Gasteiger partial charge is 0.443 e. The first-order valence-electron chi connectivity index (χ1n) is 26.9. The molecule has 2 saturated heterocycles. The number of nitrogens with zero attached hydrogens (tertiary/aromatic N) is 6. The number of hydrogen-bond donors (Lipinski definition) is 0. The molecule has 2 aliphatic heterocycles. The van der Waals surface area contributed by atoms with E-state index < -0.39 is 11.2 Å². The Kier molecular flexibility index (Phi) is 19.3. The first kappa shape index (κ1) is 56.1. The predicted molar refractivity (Wildman–Crippen MR) is 297 cm³/mol. The normalized spacial score (nSPS) is 17.6. The third-order valence-electron chi connectivity index (χ3n) is 13.9. The van der Waals surface area contributed by atoms with Gasteiger partial charge in [-0.25, -0.2) is 9.59 Å². The quantitative estimate of drug-likeness (QED) is 0.155. The second-order valence-electron chi connectivity index (χ2n) is 22.3. The Morgan fingerprint density at radius 1 is 0.603 bits per heavy atom. The maximum atomic E-state index is 12.8. The van der Waals surface area contributed by atoms with E-state index in [0.29, 0.717) is 34.8 Å². The lowest BCUT2D eigenvalue weighted by molar-refractivity contribution is 0.0533. The van der Waals surface area contributed by atoms with Gasteiger partial charge in [0, 0.05) is 36.3 Å². The van der Waals surface area contributed by atoms with Crippen molar-refractivity contribution in [1.82, 2.24) is 18.9 Å². The zero-order valence-electron chi connectivity index (χ0n) is 46.1. The number of aromatic nitrogens is 2. The minimum atomic E-state index is -0.494. The SMILES string of the molecule is CC.CCN1CC[C@H](Cc2c(C3CC3)cc(C)c3c2ccn3C(=O)OC(C)(C)C)C1.Cc1cc(C2CC2)c(C[C@H]2CCN(C)C2)c2ccn(C(=O)OC(C)(C)C)c12.N#Cc1ccccc1.N#Cc1ccccc1. The Balaban J connectivity index is 0.000000178. The average molecular weight is 987 g/mol. The third kappa shape index (κ3) is 15.4. The summed E-state index contributed by atoms with van der Waals surface area (Å²) in [5.41, 5.74) is 10.9. The molecule has 10 nitrogen and oxygen atoms in total. The summed E-state index contributed by atoms with van der Waals surface area (Å²) in [4.78, 5) is 30.5. The zero-order valence-corrected chi connectivity index (χ0v) is 46.1. The molecule has 2 aliphatic carbocycles. The smallest absolute Gasteiger partial charge is 0.418 e. The number of hydrogen-bond acceptors (Lipinski definition) is 8. The van der Waals surface area contributed by atoms with Crippen LogP contribution in [0.25, 0.3) is 21.8 Å². The fourth-order valence-corrected chi connectivity index (χ4v) is 10.3. The van der Waals surface area contributed by atoms with E-state index in [0.717, 1.165) is 30.4 Å². The van der Waals surface area contributed by atoms with Crippen molar-refractivity contribution in [3.05, 3.63) is 142 Å². The van der Waals surface area contributed by atoms with Crippen LogP contribution in [0.5, 0.6) is 0 Å². The van der Waals surface area contributed by atoms with Gasteiger partial charge >= 0.3 is 12.2 Å². The van der Waals surface area contributed by atoms with E-state index >= 15 is 0 Å².